The molecule has 0 spiro atoms. The number of primary amides is 1. The summed E-state index contributed by atoms with van der Waals surface area (Å²) in [7, 11) is 3.78. The summed E-state index contributed by atoms with van der Waals surface area (Å²) in [6.45, 7) is 3.95. The maximum absolute atomic E-state index is 11.0. The van der Waals surface area contributed by atoms with Gasteiger partial charge in [0.05, 0.1) is 12.2 Å². The third-order valence-electron chi connectivity index (χ3n) is 2.65. The lowest BCUT2D eigenvalue weighted by molar-refractivity contribution is -0.112. The molecule has 2 atom stereocenters. The van der Waals surface area contributed by atoms with Crippen molar-refractivity contribution >= 4 is 11.6 Å². The average molecular weight is 184 g/mol. The van der Waals surface area contributed by atoms with Crippen LogP contribution in [0.15, 0.2) is 5.10 Å². The van der Waals surface area contributed by atoms with Crippen LogP contribution in [0, 0.1) is 0 Å². The van der Waals surface area contributed by atoms with Crippen molar-refractivity contribution in [3.05, 3.63) is 0 Å². The molecule has 1 aliphatic rings. The first-order valence-electron chi connectivity index (χ1n) is 4.28. The predicted molar refractivity (Wildman–Crippen MR) is 51.1 cm³/mol. The first kappa shape index (κ1) is 9.98. The zero-order valence-electron chi connectivity index (χ0n) is 8.48. The highest BCUT2D eigenvalue weighted by Gasteiger charge is 2.30. The second kappa shape index (κ2) is 3.33. The molecular weight excluding hydrogens is 168 g/mol. The molecule has 0 aromatic carbocycles. The number of carbonyl (C=O) groups excluding carboxylic acids is 1. The Balaban J connectivity index is 2.97. The van der Waals surface area contributed by atoms with Gasteiger partial charge < -0.3 is 5.73 Å². The summed E-state index contributed by atoms with van der Waals surface area (Å²) in [4.78, 5) is 13.0. The van der Waals surface area contributed by atoms with E-state index >= 15 is 0 Å². The van der Waals surface area contributed by atoms with Crippen LogP contribution in [0.4, 0.5) is 0 Å². The van der Waals surface area contributed by atoms with Crippen LogP contribution in [0.3, 0.4) is 0 Å². The molecule has 0 fully saturated rings. The van der Waals surface area contributed by atoms with E-state index in [0.29, 0.717) is 5.71 Å². The Morgan fingerprint density at radius 1 is 1.46 bits per heavy atom. The maximum Gasteiger partial charge on any atom is 0.266 e. The Morgan fingerprint density at radius 2 is 2.00 bits per heavy atom. The molecule has 2 unspecified atom stereocenters. The average Bonchev–Trinajstić information content (AvgIpc) is 2.07. The minimum absolute atomic E-state index is 0.0105. The fourth-order valence-corrected chi connectivity index (χ4v) is 1.37. The number of nitrogens with two attached hydrogens (primary N) is 1. The summed E-state index contributed by atoms with van der Waals surface area (Å²) in [6.07, 6.45) is 0.193. The highest BCUT2D eigenvalue weighted by atomic mass is 16.1. The van der Waals surface area contributed by atoms with Gasteiger partial charge >= 0.3 is 0 Å². The van der Waals surface area contributed by atoms with Crippen molar-refractivity contribution in [1.82, 2.24) is 9.91 Å². The van der Waals surface area contributed by atoms with Crippen LogP contribution < -0.4 is 5.73 Å². The number of carbonyl (C=O) groups is 1. The topological polar surface area (TPSA) is 61.9 Å². The molecule has 1 rings (SSSR count). The van der Waals surface area contributed by atoms with Crippen molar-refractivity contribution in [3.63, 3.8) is 0 Å². The van der Waals surface area contributed by atoms with Gasteiger partial charge in [0.1, 0.15) is 5.71 Å². The second-order valence-corrected chi connectivity index (χ2v) is 3.40. The molecule has 1 heterocycles. The quantitative estimate of drug-likeness (QED) is 0.594. The maximum atomic E-state index is 11.0. The lowest BCUT2D eigenvalue weighted by Gasteiger charge is -2.39. The highest BCUT2D eigenvalue weighted by Crippen LogP contribution is 2.14. The molecule has 1 amide bonds. The van der Waals surface area contributed by atoms with Gasteiger partial charge in [-0.15, -0.1) is 0 Å². The lowest BCUT2D eigenvalue weighted by atomic mass is 10.1. The first-order chi connectivity index (χ1) is 5.95. The van der Waals surface area contributed by atoms with Crippen molar-refractivity contribution in [2.45, 2.75) is 26.1 Å². The molecular formula is C8H16N4O. The normalized spacial score (nSPS) is 30.2. The van der Waals surface area contributed by atoms with Gasteiger partial charge in [0.2, 0.25) is 0 Å². The van der Waals surface area contributed by atoms with E-state index in [9.17, 15) is 4.79 Å². The van der Waals surface area contributed by atoms with Crippen molar-refractivity contribution in [2.24, 2.45) is 10.8 Å². The Bertz CT molecular complexity index is 251. The molecule has 5 nitrogen and oxygen atoms in total. The van der Waals surface area contributed by atoms with E-state index in [1.165, 1.54) is 0 Å². The molecule has 5 heteroatoms. The number of rotatable bonds is 1. The Hall–Kier alpha value is -1.10. The summed E-state index contributed by atoms with van der Waals surface area (Å²) >= 11 is 0. The molecule has 74 valence electrons. The molecule has 0 saturated heterocycles. The summed E-state index contributed by atoms with van der Waals surface area (Å²) in [5, 5.41) is 5.86. The zero-order chi connectivity index (χ0) is 10.2. The number of amides is 1. The second-order valence-electron chi connectivity index (χ2n) is 3.40. The van der Waals surface area contributed by atoms with Gasteiger partial charge in [-0.3, -0.25) is 14.7 Å². The minimum atomic E-state index is -0.446. The van der Waals surface area contributed by atoms with Crippen molar-refractivity contribution in [2.75, 3.05) is 14.1 Å². The van der Waals surface area contributed by atoms with Gasteiger partial charge in [-0.25, -0.2) is 0 Å². The van der Waals surface area contributed by atoms with Crippen LogP contribution in [0.2, 0.25) is 0 Å². The molecule has 0 saturated carbocycles. The Kier molecular flexibility index (Phi) is 2.56. The standard InChI is InChI=1S/C8H16N4O/c1-5-7(8(9)13)10-12(4)6(2)11(5)3/h5-6H,1-4H3,(H2,9,13). The molecule has 13 heavy (non-hydrogen) atoms. The van der Waals surface area contributed by atoms with Gasteiger partial charge in [0.15, 0.2) is 0 Å². The van der Waals surface area contributed by atoms with E-state index < -0.39 is 5.91 Å². The molecule has 0 aliphatic carbocycles. The molecule has 2 N–H and O–H groups in total. The zero-order valence-corrected chi connectivity index (χ0v) is 8.48. The highest BCUT2D eigenvalue weighted by molar-refractivity contribution is 6.40. The van der Waals surface area contributed by atoms with E-state index in [-0.39, 0.29) is 12.2 Å². The fraction of sp³-hybridized carbons (Fsp3) is 0.750. The van der Waals surface area contributed by atoms with Crippen LogP contribution in [-0.4, -0.2) is 47.8 Å². The summed E-state index contributed by atoms with van der Waals surface area (Å²) in [6, 6.07) is -0.0105. The van der Waals surface area contributed by atoms with E-state index in [1.807, 2.05) is 32.8 Å². The molecule has 0 aromatic rings. The summed E-state index contributed by atoms with van der Waals surface area (Å²) in [5.41, 5.74) is 5.62. The molecule has 0 radical (unpaired) electrons. The van der Waals surface area contributed by atoms with Crippen molar-refractivity contribution in [3.8, 4) is 0 Å². The van der Waals surface area contributed by atoms with Crippen molar-refractivity contribution < 1.29 is 4.79 Å². The first-order valence-corrected chi connectivity index (χ1v) is 4.28. The van der Waals surface area contributed by atoms with Gasteiger partial charge in [-0.2, -0.15) is 5.10 Å². The summed E-state index contributed by atoms with van der Waals surface area (Å²) in [5.74, 6) is -0.446. The predicted octanol–water partition coefficient (Wildman–Crippen LogP) is -0.561. The SMILES string of the molecule is CC1C(C(N)=O)=NN(C)C(C)N1C. The Labute approximate surface area is 78.2 Å². The monoisotopic (exact) mass is 184 g/mol. The van der Waals surface area contributed by atoms with Gasteiger partial charge in [0.25, 0.3) is 5.91 Å². The molecule has 0 bridgehead atoms. The number of hydrazone groups is 1. The third-order valence-corrected chi connectivity index (χ3v) is 2.65. The smallest absolute Gasteiger partial charge is 0.266 e. The molecule has 1 aliphatic heterocycles. The third kappa shape index (κ3) is 1.65. The van der Waals surface area contributed by atoms with E-state index in [0.717, 1.165) is 0 Å². The van der Waals surface area contributed by atoms with Crippen LogP contribution >= 0.6 is 0 Å². The minimum Gasteiger partial charge on any atom is -0.364 e. The van der Waals surface area contributed by atoms with Crippen LogP contribution in [0.5, 0.6) is 0 Å². The van der Waals surface area contributed by atoms with Crippen LogP contribution in [-0.2, 0) is 4.79 Å². The van der Waals surface area contributed by atoms with Crippen LogP contribution in [0.1, 0.15) is 13.8 Å². The summed E-state index contributed by atoms with van der Waals surface area (Å²) < 4.78 is 0. The number of hydrogen-bond donors (Lipinski definition) is 1. The fourth-order valence-electron chi connectivity index (χ4n) is 1.37. The largest absolute Gasteiger partial charge is 0.364 e. The Morgan fingerprint density at radius 3 is 2.46 bits per heavy atom. The molecule has 0 aromatic heterocycles. The number of hydrogen-bond acceptors (Lipinski definition) is 4. The van der Waals surface area contributed by atoms with Crippen LogP contribution in [0.25, 0.3) is 0 Å². The van der Waals surface area contributed by atoms with Crippen molar-refractivity contribution in [1.29, 1.82) is 0 Å². The van der Waals surface area contributed by atoms with Gasteiger partial charge in [0, 0.05) is 7.05 Å². The number of nitrogens with zero attached hydrogens (tertiary/aromatic N) is 3. The van der Waals surface area contributed by atoms with Gasteiger partial charge in [-0.05, 0) is 20.9 Å². The van der Waals surface area contributed by atoms with Gasteiger partial charge in [-0.1, -0.05) is 0 Å². The van der Waals surface area contributed by atoms with E-state index in [2.05, 4.69) is 5.10 Å². The lowest BCUT2D eigenvalue weighted by Crippen LogP contribution is -2.55. The van der Waals surface area contributed by atoms with E-state index in [4.69, 9.17) is 5.73 Å². The van der Waals surface area contributed by atoms with E-state index in [1.54, 1.807) is 5.01 Å².